The fraction of sp³-hybridized carbons (Fsp3) is 0.133. The summed E-state index contributed by atoms with van der Waals surface area (Å²) >= 11 is 1.35. The Bertz CT molecular complexity index is 778. The van der Waals surface area contributed by atoms with E-state index < -0.39 is 0 Å². The molecule has 1 aromatic carbocycles. The summed E-state index contributed by atoms with van der Waals surface area (Å²) in [5.41, 5.74) is 6.56. The van der Waals surface area contributed by atoms with Gasteiger partial charge in [0.15, 0.2) is 0 Å². The normalized spacial score (nSPS) is 10.7. The van der Waals surface area contributed by atoms with Crippen LogP contribution in [-0.2, 0) is 6.54 Å². The topological polar surface area (TPSA) is 77.5 Å². The Morgan fingerprint density at radius 1 is 1.43 bits per heavy atom. The van der Waals surface area contributed by atoms with Gasteiger partial charge in [0.1, 0.15) is 16.4 Å². The summed E-state index contributed by atoms with van der Waals surface area (Å²) in [6.07, 6.45) is 1.57. The number of rotatable bonds is 4. The van der Waals surface area contributed by atoms with Crippen molar-refractivity contribution >= 4 is 33.0 Å². The van der Waals surface area contributed by atoms with Crippen LogP contribution in [0.25, 0.3) is 10.1 Å². The van der Waals surface area contributed by atoms with Crippen LogP contribution in [0.4, 0.5) is 5.69 Å². The number of hydrogen-bond acceptors (Lipinski definition) is 5. The predicted molar refractivity (Wildman–Crippen MR) is 82.7 cm³/mol. The molecule has 0 aliphatic carbocycles. The lowest BCUT2D eigenvalue weighted by molar-refractivity contribution is 0.0953. The maximum atomic E-state index is 12.2. The van der Waals surface area contributed by atoms with E-state index in [2.05, 4.69) is 5.32 Å². The largest absolute Gasteiger partial charge is 0.497 e. The van der Waals surface area contributed by atoms with Crippen molar-refractivity contribution in [3.63, 3.8) is 0 Å². The Morgan fingerprint density at radius 3 is 3.00 bits per heavy atom. The Kier molecular flexibility index (Phi) is 3.53. The minimum Gasteiger partial charge on any atom is -0.497 e. The number of thiophene rings is 1. The maximum Gasteiger partial charge on any atom is 0.263 e. The van der Waals surface area contributed by atoms with Crippen LogP contribution in [0.5, 0.6) is 5.75 Å². The number of hydrogen-bond donors (Lipinski definition) is 2. The van der Waals surface area contributed by atoms with Crippen LogP contribution in [0, 0.1) is 0 Å². The van der Waals surface area contributed by atoms with Gasteiger partial charge in [0, 0.05) is 10.1 Å². The summed E-state index contributed by atoms with van der Waals surface area (Å²) in [6, 6.07) is 9.15. The molecule has 108 valence electrons. The molecule has 2 aromatic heterocycles. The third kappa shape index (κ3) is 2.57. The molecule has 0 aliphatic heterocycles. The van der Waals surface area contributed by atoms with E-state index in [1.807, 2.05) is 18.2 Å². The molecule has 2 heterocycles. The highest BCUT2D eigenvalue weighted by Crippen LogP contribution is 2.35. The van der Waals surface area contributed by atoms with Crippen molar-refractivity contribution in [2.24, 2.45) is 0 Å². The Balaban J connectivity index is 1.85. The van der Waals surface area contributed by atoms with Gasteiger partial charge < -0.3 is 20.2 Å². The van der Waals surface area contributed by atoms with E-state index >= 15 is 0 Å². The average Bonchev–Trinajstić information content (AvgIpc) is 3.12. The minimum atomic E-state index is -0.205. The number of benzene rings is 1. The van der Waals surface area contributed by atoms with E-state index in [4.69, 9.17) is 14.9 Å². The summed E-state index contributed by atoms with van der Waals surface area (Å²) in [6.45, 7) is 0.336. The number of fused-ring (bicyclic) bond motifs is 1. The van der Waals surface area contributed by atoms with Gasteiger partial charge in [0.2, 0.25) is 0 Å². The van der Waals surface area contributed by atoms with Crippen LogP contribution in [0.15, 0.2) is 41.0 Å². The molecular formula is C15H14N2O3S. The van der Waals surface area contributed by atoms with Crippen molar-refractivity contribution in [1.29, 1.82) is 0 Å². The number of nitrogens with two attached hydrogens (primary N) is 1. The molecule has 6 heteroatoms. The second kappa shape index (κ2) is 5.49. The zero-order valence-electron chi connectivity index (χ0n) is 11.4. The van der Waals surface area contributed by atoms with Crippen molar-refractivity contribution in [3.05, 3.63) is 47.2 Å². The molecule has 3 aromatic rings. The monoisotopic (exact) mass is 302 g/mol. The quantitative estimate of drug-likeness (QED) is 0.776. The first-order chi connectivity index (χ1) is 10.2. The van der Waals surface area contributed by atoms with E-state index in [9.17, 15) is 4.79 Å². The van der Waals surface area contributed by atoms with Crippen molar-refractivity contribution in [1.82, 2.24) is 5.32 Å². The van der Waals surface area contributed by atoms with Crippen LogP contribution in [0.2, 0.25) is 0 Å². The van der Waals surface area contributed by atoms with Crippen LogP contribution in [0.1, 0.15) is 15.4 Å². The minimum absolute atomic E-state index is 0.205. The van der Waals surface area contributed by atoms with E-state index in [-0.39, 0.29) is 5.91 Å². The molecule has 21 heavy (non-hydrogen) atoms. The zero-order chi connectivity index (χ0) is 14.8. The third-order valence-corrected chi connectivity index (χ3v) is 4.31. The molecule has 0 atom stereocenters. The van der Waals surface area contributed by atoms with Gasteiger partial charge in [-0.3, -0.25) is 4.79 Å². The SMILES string of the molecule is COc1ccc2c(N)c(C(=O)NCc3ccco3)sc2c1. The number of ether oxygens (including phenoxy) is 1. The van der Waals surface area contributed by atoms with Gasteiger partial charge >= 0.3 is 0 Å². The smallest absolute Gasteiger partial charge is 0.263 e. The van der Waals surface area contributed by atoms with E-state index in [0.717, 1.165) is 15.8 Å². The molecule has 0 saturated heterocycles. The van der Waals surface area contributed by atoms with Crippen molar-refractivity contribution in [2.45, 2.75) is 6.54 Å². The lowest BCUT2D eigenvalue weighted by Gasteiger charge is -2.02. The molecule has 3 rings (SSSR count). The lowest BCUT2D eigenvalue weighted by atomic mass is 10.2. The van der Waals surface area contributed by atoms with Gasteiger partial charge in [-0.05, 0) is 30.3 Å². The Labute approximate surface area is 125 Å². The zero-order valence-corrected chi connectivity index (χ0v) is 12.2. The molecule has 0 fully saturated rings. The summed E-state index contributed by atoms with van der Waals surface area (Å²) in [5, 5.41) is 3.66. The first kappa shape index (κ1) is 13.5. The fourth-order valence-electron chi connectivity index (χ4n) is 2.05. The molecule has 5 nitrogen and oxygen atoms in total. The number of nitrogens with one attached hydrogen (secondary N) is 1. The second-order valence-electron chi connectivity index (χ2n) is 4.47. The number of carbonyl (C=O) groups excluding carboxylic acids is 1. The van der Waals surface area contributed by atoms with Gasteiger partial charge in [0.25, 0.3) is 5.91 Å². The molecule has 0 unspecified atom stereocenters. The average molecular weight is 302 g/mol. The summed E-state index contributed by atoms with van der Waals surface area (Å²) in [5.74, 6) is 1.24. The van der Waals surface area contributed by atoms with E-state index in [1.165, 1.54) is 11.3 Å². The molecule has 0 saturated carbocycles. The van der Waals surface area contributed by atoms with Gasteiger partial charge in [-0.25, -0.2) is 0 Å². The number of amides is 1. The van der Waals surface area contributed by atoms with Crippen LogP contribution >= 0.6 is 11.3 Å². The first-order valence-corrected chi connectivity index (χ1v) is 7.17. The third-order valence-electron chi connectivity index (χ3n) is 3.15. The summed E-state index contributed by atoms with van der Waals surface area (Å²) in [4.78, 5) is 12.7. The highest BCUT2D eigenvalue weighted by molar-refractivity contribution is 7.21. The van der Waals surface area contributed by atoms with Crippen LogP contribution in [0.3, 0.4) is 0 Å². The highest BCUT2D eigenvalue weighted by atomic mass is 32.1. The van der Waals surface area contributed by atoms with Gasteiger partial charge in [-0.15, -0.1) is 11.3 Å². The number of furan rings is 1. The molecule has 0 radical (unpaired) electrons. The van der Waals surface area contributed by atoms with Crippen molar-refractivity contribution < 1.29 is 13.9 Å². The fourth-order valence-corrected chi connectivity index (χ4v) is 3.12. The molecule has 3 N–H and O–H groups in total. The van der Waals surface area contributed by atoms with Gasteiger partial charge in [-0.2, -0.15) is 0 Å². The summed E-state index contributed by atoms with van der Waals surface area (Å²) in [7, 11) is 1.61. The Morgan fingerprint density at radius 2 is 2.29 bits per heavy atom. The van der Waals surface area contributed by atoms with Crippen molar-refractivity contribution in [3.8, 4) is 5.75 Å². The van der Waals surface area contributed by atoms with Crippen LogP contribution in [-0.4, -0.2) is 13.0 Å². The summed E-state index contributed by atoms with van der Waals surface area (Å²) < 4.78 is 11.3. The number of anilines is 1. The second-order valence-corrected chi connectivity index (χ2v) is 5.52. The maximum absolute atomic E-state index is 12.2. The first-order valence-electron chi connectivity index (χ1n) is 6.35. The number of nitrogen functional groups attached to an aromatic ring is 1. The molecule has 0 spiro atoms. The van der Waals surface area contributed by atoms with Gasteiger partial charge in [-0.1, -0.05) is 0 Å². The van der Waals surface area contributed by atoms with Crippen molar-refractivity contribution in [2.75, 3.05) is 12.8 Å². The predicted octanol–water partition coefficient (Wildman–Crippen LogP) is 3.02. The molecular weight excluding hydrogens is 288 g/mol. The van der Waals surface area contributed by atoms with E-state index in [0.29, 0.717) is 22.9 Å². The number of carbonyl (C=O) groups is 1. The standard InChI is InChI=1S/C15H14N2O3S/c1-19-9-4-5-11-12(7-9)21-14(13(11)16)15(18)17-8-10-3-2-6-20-10/h2-7H,8,16H2,1H3,(H,17,18). The van der Waals surface area contributed by atoms with Gasteiger partial charge in [0.05, 0.1) is 25.6 Å². The molecule has 1 amide bonds. The van der Waals surface area contributed by atoms with E-state index in [1.54, 1.807) is 25.5 Å². The highest BCUT2D eigenvalue weighted by Gasteiger charge is 2.16. The molecule has 0 bridgehead atoms. The number of methoxy groups -OCH3 is 1. The lowest BCUT2D eigenvalue weighted by Crippen LogP contribution is -2.22. The Hall–Kier alpha value is -2.47. The molecule has 0 aliphatic rings. The van der Waals surface area contributed by atoms with Crippen LogP contribution < -0.4 is 15.8 Å².